The Bertz CT molecular complexity index is 940. The molecule has 3 rings (SSSR count). The van der Waals surface area contributed by atoms with Crippen LogP contribution in [-0.2, 0) is 11.2 Å². The number of aromatic nitrogens is 1. The summed E-state index contributed by atoms with van der Waals surface area (Å²) in [7, 11) is 3.86. The lowest BCUT2D eigenvalue weighted by Crippen LogP contribution is -2.14. The molecule has 2 aromatic carbocycles. The molecule has 1 aromatic heterocycles. The molecule has 0 saturated carbocycles. The van der Waals surface area contributed by atoms with Crippen LogP contribution in [-0.4, -0.2) is 37.4 Å². The van der Waals surface area contributed by atoms with Gasteiger partial charge in [0.1, 0.15) is 0 Å². The number of aromatic amines is 1. The quantitative estimate of drug-likeness (QED) is 0.542. The topological polar surface area (TPSA) is 62.4 Å². The highest BCUT2D eigenvalue weighted by Gasteiger charge is 2.16. The van der Waals surface area contributed by atoms with Crippen molar-refractivity contribution in [3.8, 4) is 0 Å². The van der Waals surface area contributed by atoms with Crippen molar-refractivity contribution < 1.29 is 14.3 Å². The molecule has 0 aliphatic carbocycles. The minimum atomic E-state index is -0.502. The lowest BCUT2D eigenvalue weighted by molar-refractivity contribution is 0.0475. The highest BCUT2D eigenvalue weighted by molar-refractivity contribution is 6.09. The zero-order chi connectivity index (χ0) is 18.7. The Morgan fingerprint density at radius 1 is 1.08 bits per heavy atom. The van der Waals surface area contributed by atoms with E-state index in [1.54, 1.807) is 18.3 Å². The maximum atomic E-state index is 12.5. The molecule has 5 nitrogen and oxygen atoms in total. The summed E-state index contributed by atoms with van der Waals surface area (Å²) < 4.78 is 5.20. The minimum Gasteiger partial charge on any atom is -0.454 e. The molecule has 0 bridgehead atoms. The lowest BCUT2D eigenvalue weighted by Gasteiger charge is -2.12. The number of ether oxygens (including phenoxy) is 1. The van der Waals surface area contributed by atoms with Crippen molar-refractivity contribution in [2.45, 2.75) is 13.3 Å². The third kappa shape index (κ3) is 3.47. The molecule has 134 valence electrons. The van der Waals surface area contributed by atoms with Crippen LogP contribution in [0, 0.1) is 0 Å². The maximum Gasteiger partial charge on any atom is 0.338 e. The summed E-state index contributed by atoms with van der Waals surface area (Å²) in [5.74, 6) is -0.722. The van der Waals surface area contributed by atoms with Gasteiger partial charge in [0.15, 0.2) is 6.61 Å². The van der Waals surface area contributed by atoms with Crippen molar-refractivity contribution in [1.29, 1.82) is 0 Å². The van der Waals surface area contributed by atoms with E-state index in [1.807, 2.05) is 49.3 Å². The molecule has 0 atom stereocenters. The Morgan fingerprint density at radius 3 is 2.46 bits per heavy atom. The van der Waals surface area contributed by atoms with Gasteiger partial charge in [-0.05, 0) is 36.2 Å². The second kappa shape index (κ2) is 7.44. The van der Waals surface area contributed by atoms with Gasteiger partial charge in [-0.1, -0.05) is 25.1 Å². The first-order valence-corrected chi connectivity index (χ1v) is 8.58. The van der Waals surface area contributed by atoms with Gasteiger partial charge in [0.05, 0.1) is 5.56 Å². The molecule has 5 heteroatoms. The molecule has 0 aliphatic rings. The Morgan fingerprint density at radius 2 is 1.81 bits per heavy atom. The fourth-order valence-corrected chi connectivity index (χ4v) is 2.93. The summed E-state index contributed by atoms with van der Waals surface area (Å²) in [5, 5.41) is 0.862. The monoisotopic (exact) mass is 350 g/mol. The summed E-state index contributed by atoms with van der Waals surface area (Å²) in [5.41, 5.74) is 4.08. The summed E-state index contributed by atoms with van der Waals surface area (Å²) >= 11 is 0. The van der Waals surface area contributed by atoms with Crippen molar-refractivity contribution in [3.63, 3.8) is 0 Å². The normalized spacial score (nSPS) is 10.7. The lowest BCUT2D eigenvalue weighted by atomic mass is 10.1. The molecule has 0 radical (unpaired) electrons. The van der Waals surface area contributed by atoms with Crippen molar-refractivity contribution in [2.75, 3.05) is 25.6 Å². The van der Waals surface area contributed by atoms with E-state index < -0.39 is 5.97 Å². The predicted octanol–water partition coefficient (Wildman–Crippen LogP) is 3.84. The van der Waals surface area contributed by atoms with E-state index in [2.05, 4.69) is 11.9 Å². The van der Waals surface area contributed by atoms with Crippen LogP contribution in [0.25, 0.3) is 10.9 Å². The van der Waals surface area contributed by atoms with Crippen molar-refractivity contribution in [1.82, 2.24) is 4.98 Å². The molecule has 0 saturated heterocycles. The fraction of sp³-hybridized carbons (Fsp3) is 0.238. The number of nitrogens with zero attached hydrogens (tertiary/aromatic N) is 1. The average molecular weight is 350 g/mol. The van der Waals surface area contributed by atoms with Gasteiger partial charge in [0.2, 0.25) is 5.78 Å². The van der Waals surface area contributed by atoms with Gasteiger partial charge >= 0.3 is 5.97 Å². The number of rotatable bonds is 6. The number of aryl methyl sites for hydroxylation is 1. The molecule has 1 heterocycles. The molecular weight excluding hydrogens is 328 g/mol. The molecule has 0 spiro atoms. The zero-order valence-corrected chi connectivity index (χ0v) is 15.2. The zero-order valence-electron chi connectivity index (χ0n) is 15.2. The number of esters is 1. The first kappa shape index (κ1) is 17.7. The van der Waals surface area contributed by atoms with E-state index in [4.69, 9.17) is 4.74 Å². The highest BCUT2D eigenvalue weighted by Crippen LogP contribution is 2.23. The number of benzene rings is 2. The highest BCUT2D eigenvalue weighted by atomic mass is 16.5. The van der Waals surface area contributed by atoms with Crippen LogP contribution in [0.5, 0.6) is 0 Å². The number of carbonyl (C=O) groups is 2. The van der Waals surface area contributed by atoms with Crippen LogP contribution in [0.1, 0.15) is 33.2 Å². The number of fused-ring (bicyclic) bond motifs is 1. The molecule has 3 aromatic rings. The number of hydrogen-bond donors (Lipinski definition) is 1. The van der Waals surface area contributed by atoms with E-state index in [-0.39, 0.29) is 12.4 Å². The molecular formula is C21H22N2O3. The molecule has 26 heavy (non-hydrogen) atoms. The predicted molar refractivity (Wildman–Crippen MR) is 103 cm³/mol. The summed E-state index contributed by atoms with van der Waals surface area (Å²) in [6, 6.07) is 12.9. The Kier molecular flexibility index (Phi) is 5.07. The first-order chi connectivity index (χ1) is 12.5. The van der Waals surface area contributed by atoms with Crippen LogP contribution in [0.3, 0.4) is 0 Å². The molecule has 0 unspecified atom stereocenters. The molecule has 0 aliphatic heterocycles. The summed E-state index contributed by atoms with van der Waals surface area (Å²) in [6.07, 6.45) is 2.56. The standard InChI is InChI=1S/C21H22N2O3/c1-4-14-6-5-7-17-18(12-22-20(14)17)19(24)13-26-21(25)15-8-10-16(11-9-15)23(2)3/h5-12,22H,4,13H2,1-3H3. The third-order valence-electron chi connectivity index (χ3n) is 4.44. The van der Waals surface area contributed by atoms with Crippen LogP contribution in [0.15, 0.2) is 48.7 Å². The number of ketones is 1. The largest absolute Gasteiger partial charge is 0.454 e. The third-order valence-corrected chi connectivity index (χ3v) is 4.44. The van der Waals surface area contributed by atoms with Crippen LogP contribution >= 0.6 is 0 Å². The van der Waals surface area contributed by atoms with E-state index in [0.29, 0.717) is 11.1 Å². The summed E-state index contributed by atoms with van der Waals surface area (Å²) in [6.45, 7) is 1.79. The Balaban J connectivity index is 1.70. The van der Waals surface area contributed by atoms with Crippen LogP contribution in [0.2, 0.25) is 0 Å². The number of Topliss-reactive ketones (excluding diaryl/α,β-unsaturated/α-hetero) is 1. The van der Waals surface area contributed by atoms with Gasteiger partial charge in [-0.15, -0.1) is 0 Å². The van der Waals surface area contributed by atoms with E-state index in [9.17, 15) is 9.59 Å². The van der Waals surface area contributed by atoms with Crippen LogP contribution < -0.4 is 4.90 Å². The van der Waals surface area contributed by atoms with Gasteiger partial charge < -0.3 is 14.6 Å². The Hall–Kier alpha value is -3.08. The Labute approximate surface area is 152 Å². The average Bonchev–Trinajstić information content (AvgIpc) is 3.10. The number of anilines is 1. The molecule has 0 fully saturated rings. The number of hydrogen-bond acceptors (Lipinski definition) is 4. The number of nitrogens with one attached hydrogen (secondary N) is 1. The maximum absolute atomic E-state index is 12.5. The van der Waals surface area contributed by atoms with Gasteiger partial charge in [-0.3, -0.25) is 4.79 Å². The SMILES string of the molecule is CCc1cccc2c(C(=O)COC(=O)c3ccc(N(C)C)cc3)c[nH]c12. The van der Waals surface area contributed by atoms with E-state index >= 15 is 0 Å². The smallest absolute Gasteiger partial charge is 0.338 e. The summed E-state index contributed by atoms with van der Waals surface area (Å²) in [4.78, 5) is 29.8. The first-order valence-electron chi connectivity index (χ1n) is 8.58. The van der Waals surface area contributed by atoms with E-state index in [1.165, 1.54) is 0 Å². The van der Waals surface area contributed by atoms with Gasteiger partial charge in [0, 0.05) is 42.4 Å². The number of para-hydroxylation sites is 1. The van der Waals surface area contributed by atoms with Crippen LogP contribution in [0.4, 0.5) is 5.69 Å². The van der Waals surface area contributed by atoms with Gasteiger partial charge in [-0.2, -0.15) is 0 Å². The van der Waals surface area contributed by atoms with E-state index in [0.717, 1.165) is 28.6 Å². The molecule has 0 amide bonds. The second-order valence-corrected chi connectivity index (χ2v) is 6.34. The fourth-order valence-electron chi connectivity index (χ4n) is 2.93. The van der Waals surface area contributed by atoms with Crippen molar-refractivity contribution >= 4 is 28.3 Å². The van der Waals surface area contributed by atoms with Gasteiger partial charge in [-0.25, -0.2) is 4.79 Å². The molecule has 1 N–H and O–H groups in total. The number of H-pyrrole nitrogens is 1. The van der Waals surface area contributed by atoms with Crippen molar-refractivity contribution in [2.24, 2.45) is 0 Å². The second-order valence-electron chi connectivity index (χ2n) is 6.34. The minimum absolute atomic E-state index is 0.220. The van der Waals surface area contributed by atoms with Gasteiger partial charge in [0.25, 0.3) is 0 Å². The number of carbonyl (C=O) groups excluding carboxylic acids is 2. The van der Waals surface area contributed by atoms with Crippen molar-refractivity contribution in [3.05, 3.63) is 65.4 Å².